The van der Waals surface area contributed by atoms with Crippen molar-refractivity contribution >= 4 is 39.4 Å². The van der Waals surface area contributed by atoms with E-state index in [1.807, 2.05) is 43.3 Å². The van der Waals surface area contributed by atoms with Crippen molar-refractivity contribution in [1.29, 1.82) is 0 Å². The van der Waals surface area contributed by atoms with Crippen LogP contribution in [0.5, 0.6) is 0 Å². The van der Waals surface area contributed by atoms with Crippen LogP contribution >= 0.6 is 11.3 Å². The van der Waals surface area contributed by atoms with Crippen LogP contribution < -0.4 is 10.5 Å². The molecule has 0 saturated carbocycles. The zero-order chi connectivity index (χ0) is 19.6. The molecule has 2 heterocycles. The van der Waals surface area contributed by atoms with Gasteiger partial charge in [-0.15, -0.1) is 11.3 Å². The van der Waals surface area contributed by atoms with Gasteiger partial charge in [0, 0.05) is 19.8 Å². The Labute approximate surface area is 160 Å². The van der Waals surface area contributed by atoms with Crippen LogP contribution in [0.4, 0.5) is 5.69 Å². The predicted octanol–water partition coefficient (Wildman–Crippen LogP) is 2.89. The summed E-state index contributed by atoms with van der Waals surface area (Å²) in [5, 5.41) is 4.62. The molecule has 0 aliphatic rings. The molecule has 0 atom stereocenters. The van der Waals surface area contributed by atoms with Gasteiger partial charge in [-0.2, -0.15) is 9.78 Å². The fourth-order valence-corrected chi connectivity index (χ4v) is 3.61. The molecule has 27 heavy (non-hydrogen) atoms. The van der Waals surface area contributed by atoms with Crippen molar-refractivity contribution < 1.29 is 9.53 Å². The van der Waals surface area contributed by atoms with Crippen LogP contribution in [0.25, 0.3) is 10.2 Å². The van der Waals surface area contributed by atoms with Crippen molar-refractivity contribution in [3.63, 3.8) is 0 Å². The van der Waals surface area contributed by atoms with Gasteiger partial charge >= 0.3 is 5.97 Å². The number of hydrogen-bond donors (Lipinski definition) is 0. The van der Waals surface area contributed by atoms with Crippen LogP contribution in [0.2, 0.25) is 0 Å². The summed E-state index contributed by atoms with van der Waals surface area (Å²) in [5.41, 5.74) is 2.20. The van der Waals surface area contributed by atoms with E-state index in [1.54, 1.807) is 20.1 Å². The molecule has 0 amide bonds. The van der Waals surface area contributed by atoms with Crippen LogP contribution in [0, 0.1) is 6.92 Å². The average molecular weight is 384 g/mol. The van der Waals surface area contributed by atoms with E-state index in [0.29, 0.717) is 20.7 Å². The number of thiophene rings is 1. The lowest BCUT2D eigenvalue weighted by atomic mass is 10.2. The molecule has 0 spiro atoms. The van der Waals surface area contributed by atoms with Gasteiger partial charge in [0.05, 0.1) is 18.2 Å². The van der Waals surface area contributed by atoms with Crippen molar-refractivity contribution in [2.75, 3.05) is 25.6 Å². The van der Waals surface area contributed by atoms with Crippen molar-refractivity contribution in [2.24, 2.45) is 5.10 Å². The number of nitrogens with zero attached hydrogens (tertiary/aromatic N) is 4. The standard InChI is InChI=1S/C19H20N4O3S/c1-5-26-19(25)16-12(2)15-17(27-16)20-11-23(18(15)24)21-10-13-6-8-14(9-7-13)22(3)4/h6-11H,5H2,1-4H3. The molecule has 8 heteroatoms. The molecular formula is C19H20N4O3S. The van der Waals surface area contributed by atoms with Gasteiger partial charge < -0.3 is 9.64 Å². The Bertz CT molecular complexity index is 1060. The molecule has 0 aliphatic heterocycles. The lowest BCUT2D eigenvalue weighted by Gasteiger charge is -2.11. The molecule has 140 valence electrons. The Morgan fingerprint density at radius 1 is 1.33 bits per heavy atom. The topological polar surface area (TPSA) is 76.8 Å². The Kier molecular flexibility index (Phi) is 5.36. The summed E-state index contributed by atoms with van der Waals surface area (Å²) in [6.45, 7) is 3.74. The van der Waals surface area contributed by atoms with E-state index in [1.165, 1.54) is 11.0 Å². The predicted molar refractivity (Wildman–Crippen MR) is 108 cm³/mol. The number of aryl methyl sites for hydroxylation is 1. The number of esters is 1. The first kappa shape index (κ1) is 18.8. The third-order valence-electron chi connectivity index (χ3n) is 4.04. The molecule has 1 aromatic carbocycles. The number of hydrogen-bond acceptors (Lipinski definition) is 7. The summed E-state index contributed by atoms with van der Waals surface area (Å²) >= 11 is 1.16. The Morgan fingerprint density at radius 2 is 2.04 bits per heavy atom. The van der Waals surface area contributed by atoms with Gasteiger partial charge in [-0.1, -0.05) is 12.1 Å². The number of carbonyl (C=O) groups is 1. The Morgan fingerprint density at radius 3 is 2.67 bits per heavy atom. The molecule has 0 fully saturated rings. The first-order valence-corrected chi connectivity index (χ1v) is 9.23. The number of benzene rings is 1. The van der Waals surface area contributed by atoms with Crippen LogP contribution in [0.1, 0.15) is 27.7 Å². The Balaban J connectivity index is 1.96. The molecule has 0 bridgehead atoms. The number of rotatable bonds is 5. The summed E-state index contributed by atoms with van der Waals surface area (Å²) in [5.74, 6) is -0.437. The zero-order valence-corrected chi connectivity index (χ0v) is 16.4. The van der Waals surface area contributed by atoms with Crippen LogP contribution in [0.15, 0.2) is 40.5 Å². The molecule has 3 aromatic rings. The second kappa shape index (κ2) is 7.71. The van der Waals surface area contributed by atoms with Crippen molar-refractivity contribution in [3.05, 3.63) is 57.0 Å². The van der Waals surface area contributed by atoms with E-state index in [0.717, 1.165) is 22.6 Å². The van der Waals surface area contributed by atoms with Gasteiger partial charge in [0.1, 0.15) is 16.0 Å². The molecule has 2 aromatic heterocycles. The highest BCUT2D eigenvalue weighted by Crippen LogP contribution is 2.27. The monoisotopic (exact) mass is 384 g/mol. The van der Waals surface area contributed by atoms with E-state index in [4.69, 9.17) is 4.74 Å². The lowest BCUT2D eigenvalue weighted by Crippen LogP contribution is -2.17. The molecule has 0 N–H and O–H groups in total. The number of aromatic nitrogens is 2. The number of ether oxygens (including phenoxy) is 1. The summed E-state index contributed by atoms with van der Waals surface area (Å²) in [6, 6.07) is 7.79. The summed E-state index contributed by atoms with van der Waals surface area (Å²) < 4.78 is 6.22. The van der Waals surface area contributed by atoms with E-state index < -0.39 is 5.97 Å². The fourth-order valence-electron chi connectivity index (χ4n) is 2.58. The highest BCUT2D eigenvalue weighted by atomic mass is 32.1. The van der Waals surface area contributed by atoms with E-state index >= 15 is 0 Å². The quantitative estimate of drug-likeness (QED) is 0.499. The fraction of sp³-hybridized carbons (Fsp3) is 0.263. The maximum absolute atomic E-state index is 12.8. The SMILES string of the molecule is CCOC(=O)c1sc2ncn(N=Cc3ccc(N(C)C)cc3)c(=O)c2c1C. The Hall–Kier alpha value is -3.00. The second-order valence-corrected chi connectivity index (χ2v) is 7.08. The molecule has 3 rings (SSSR count). The molecular weight excluding hydrogens is 364 g/mol. The van der Waals surface area contributed by atoms with Crippen LogP contribution in [0.3, 0.4) is 0 Å². The summed E-state index contributed by atoms with van der Waals surface area (Å²) in [6.07, 6.45) is 2.96. The number of fused-ring (bicyclic) bond motifs is 1. The molecule has 7 nitrogen and oxygen atoms in total. The van der Waals surface area contributed by atoms with Crippen molar-refractivity contribution in [1.82, 2.24) is 9.66 Å². The maximum Gasteiger partial charge on any atom is 0.348 e. The van der Waals surface area contributed by atoms with E-state index in [9.17, 15) is 9.59 Å². The minimum absolute atomic E-state index is 0.279. The third-order valence-corrected chi connectivity index (χ3v) is 5.22. The zero-order valence-electron chi connectivity index (χ0n) is 15.6. The van der Waals surface area contributed by atoms with Gasteiger partial charge in [-0.05, 0) is 37.1 Å². The van der Waals surface area contributed by atoms with Crippen LogP contribution in [-0.2, 0) is 4.74 Å². The number of anilines is 1. The average Bonchev–Trinajstić information content (AvgIpc) is 2.99. The van der Waals surface area contributed by atoms with Crippen molar-refractivity contribution in [2.45, 2.75) is 13.8 Å². The van der Waals surface area contributed by atoms with E-state index in [2.05, 4.69) is 10.1 Å². The van der Waals surface area contributed by atoms with Crippen LogP contribution in [-0.4, -0.2) is 42.5 Å². The third kappa shape index (κ3) is 3.75. The smallest absolute Gasteiger partial charge is 0.348 e. The largest absolute Gasteiger partial charge is 0.462 e. The highest BCUT2D eigenvalue weighted by Gasteiger charge is 2.20. The van der Waals surface area contributed by atoms with Gasteiger partial charge in [0.2, 0.25) is 0 Å². The molecule has 0 radical (unpaired) electrons. The highest BCUT2D eigenvalue weighted by molar-refractivity contribution is 7.20. The minimum Gasteiger partial charge on any atom is -0.462 e. The van der Waals surface area contributed by atoms with Gasteiger partial charge in [0.15, 0.2) is 0 Å². The molecule has 0 aliphatic carbocycles. The second-order valence-electron chi connectivity index (χ2n) is 6.08. The first-order valence-electron chi connectivity index (χ1n) is 8.42. The summed E-state index contributed by atoms with van der Waals surface area (Å²) in [4.78, 5) is 32.0. The summed E-state index contributed by atoms with van der Waals surface area (Å²) in [7, 11) is 3.94. The normalized spacial score (nSPS) is 11.3. The maximum atomic E-state index is 12.8. The van der Waals surface area contributed by atoms with Crippen molar-refractivity contribution in [3.8, 4) is 0 Å². The number of carbonyl (C=O) groups excluding carboxylic acids is 1. The lowest BCUT2D eigenvalue weighted by molar-refractivity contribution is 0.0531. The molecule has 0 unspecified atom stereocenters. The molecule has 0 saturated heterocycles. The van der Waals surface area contributed by atoms with Gasteiger partial charge in [0.25, 0.3) is 5.56 Å². The van der Waals surface area contributed by atoms with E-state index in [-0.39, 0.29) is 12.2 Å². The first-order chi connectivity index (χ1) is 12.9. The van der Waals surface area contributed by atoms with Gasteiger partial charge in [-0.25, -0.2) is 9.78 Å². The minimum atomic E-state index is -0.437. The van der Waals surface area contributed by atoms with Gasteiger partial charge in [-0.3, -0.25) is 4.79 Å².